The molecule has 1 aromatic heterocycles. The van der Waals surface area contributed by atoms with Crippen LogP contribution in [0.25, 0.3) is 6.08 Å². The monoisotopic (exact) mass is 372 g/mol. The van der Waals surface area contributed by atoms with Crippen molar-refractivity contribution in [2.45, 2.75) is 20.1 Å². The maximum Gasteiger partial charge on any atom is 0.119 e. The van der Waals surface area contributed by atoms with E-state index in [2.05, 4.69) is 18.0 Å². The molecular weight excluding hydrogens is 355 g/mol. The molecule has 2 aromatic carbocycles. The summed E-state index contributed by atoms with van der Waals surface area (Å²) in [6.45, 7) is 3.34. The van der Waals surface area contributed by atoms with Crippen LogP contribution in [0.2, 0.25) is 10.0 Å². The molecule has 3 rings (SSSR count). The Labute approximate surface area is 157 Å². The molecule has 1 heterocycles. The van der Waals surface area contributed by atoms with Crippen LogP contribution in [0, 0.1) is 0 Å². The molecule has 0 unspecified atom stereocenters. The Morgan fingerprint density at radius 2 is 1.96 bits per heavy atom. The molecule has 0 aliphatic carbocycles. The van der Waals surface area contributed by atoms with Crippen molar-refractivity contribution >= 4 is 29.3 Å². The van der Waals surface area contributed by atoms with Crippen LogP contribution in [-0.4, -0.2) is 9.55 Å². The van der Waals surface area contributed by atoms with E-state index in [1.54, 1.807) is 12.3 Å². The Balaban J connectivity index is 1.60. The highest BCUT2D eigenvalue weighted by molar-refractivity contribution is 6.35. The van der Waals surface area contributed by atoms with E-state index < -0.39 is 0 Å². The minimum absolute atomic E-state index is 0.408. The second kappa shape index (κ2) is 8.24. The first-order chi connectivity index (χ1) is 12.1. The molecule has 0 atom stereocenters. The van der Waals surface area contributed by atoms with E-state index in [9.17, 15) is 0 Å². The lowest BCUT2D eigenvalue weighted by Gasteiger charge is -2.09. The highest BCUT2D eigenvalue weighted by Crippen LogP contribution is 2.23. The number of nitrogens with zero attached hydrogens (tertiary/aromatic N) is 2. The summed E-state index contributed by atoms with van der Waals surface area (Å²) >= 11 is 12.1. The number of rotatable bonds is 6. The van der Waals surface area contributed by atoms with Crippen LogP contribution in [0.5, 0.6) is 5.75 Å². The lowest BCUT2D eigenvalue weighted by Crippen LogP contribution is -1.96. The molecular formula is C20H18Cl2N2O. The smallest absolute Gasteiger partial charge is 0.119 e. The van der Waals surface area contributed by atoms with Crippen molar-refractivity contribution in [1.82, 2.24) is 9.55 Å². The van der Waals surface area contributed by atoms with E-state index in [0.29, 0.717) is 16.7 Å². The zero-order valence-corrected chi connectivity index (χ0v) is 15.3. The largest absolute Gasteiger partial charge is 0.489 e. The summed E-state index contributed by atoms with van der Waals surface area (Å²) in [7, 11) is 0. The molecule has 5 heteroatoms. The summed E-state index contributed by atoms with van der Waals surface area (Å²) in [4.78, 5) is 4.05. The number of ether oxygens (including phenoxy) is 1. The molecule has 0 saturated heterocycles. The SMILES string of the molecule is CC(=Cc1ccc(OCc2ccc(Cl)cc2Cl)cc1)Cn1ccnc1. The number of halogens is 2. The Morgan fingerprint density at radius 3 is 2.64 bits per heavy atom. The van der Waals surface area contributed by atoms with Crippen molar-refractivity contribution in [3.63, 3.8) is 0 Å². The maximum atomic E-state index is 6.16. The van der Waals surface area contributed by atoms with E-state index in [-0.39, 0.29) is 0 Å². The summed E-state index contributed by atoms with van der Waals surface area (Å²) in [5.74, 6) is 0.801. The van der Waals surface area contributed by atoms with Crippen molar-refractivity contribution in [3.05, 3.63) is 87.9 Å². The zero-order chi connectivity index (χ0) is 17.6. The minimum atomic E-state index is 0.408. The van der Waals surface area contributed by atoms with Gasteiger partial charge in [0.2, 0.25) is 0 Å². The Hall–Kier alpha value is -2.23. The molecule has 0 radical (unpaired) electrons. The minimum Gasteiger partial charge on any atom is -0.489 e. The number of aromatic nitrogens is 2. The zero-order valence-electron chi connectivity index (χ0n) is 13.8. The average Bonchev–Trinajstić information content (AvgIpc) is 3.08. The molecule has 3 nitrogen and oxygen atoms in total. The Kier molecular flexibility index (Phi) is 5.79. The fourth-order valence-corrected chi connectivity index (χ4v) is 2.92. The van der Waals surface area contributed by atoms with E-state index >= 15 is 0 Å². The normalized spacial score (nSPS) is 11.6. The van der Waals surface area contributed by atoms with E-state index in [1.807, 2.05) is 53.5 Å². The molecule has 0 fully saturated rings. The Bertz CT molecular complexity index is 856. The van der Waals surface area contributed by atoms with Crippen LogP contribution < -0.4 is 4.74 Å². The predicted octanol–water partition coefficient (Wildman–Crippen LogP) is 5.87. The summed E-state index contributed by atoms with van der Waals surface area (Å²) in [6, 6.07) is 13.4. The first-order valence-corrected chi connectivity index (χ1v) is 8.65. The molecule has 0 aliphatic heterocycles. The first-order valence-electron chi connectivity index (χ1n) is 7.90. The van der Waals surface area contributed by atoms with Crippen LogP contribution in [0.4, 0.5) is 0 Å². The standard InChI is InChI=1S/C20H18Cl2N2O/c1-15(12-24-9-8-23-14-24)10-16-2-6-19(7-3-16)25-13-17-4-5-18(21)11-20(17)22/h2-11,14H,12-13H2,1H3. The lowest BCUT2D eigenvalue weighted by molar-refractivity contribution is 0.306. The van der Waals surface area contributed by atoms with Gasteiger partial charge in [0, 0.05) is 34.5 Å². The summed E-state index contributed by atoms with van der Waals surface area (Å²) in [5, 5.41) is 1.23. The fourth-order valence-electron chi connectivity index (χ4n) is 2.46. The molecule has 3 aromatic rings. The van der Waals surface area contributed by atoms with Gasteiger partial charge >= 0.3 is 0 Å². The third-order valence-electron chi connectivity index (χ3n) is 3.69. The number of benzene rings is 2. The molecule has 0 spiro atoms. The van der Waals surface area contributed by atoms with Gasteiger partial charge in [-0.15, -0.1) is 0 Å². The van der Waals surface area contributed by atoms with Crippen LogP contribution in [0.15, 0.2) is 66.8 Å². The summed E-state index contributed by atoms with van der Waals surface area (Å²) in [6.07, 6.45) is 7.71. The molecule has 0 bridgehead atoms. The molecule has 128 valence electrons. The van der Waals surface area contributed by atoms with Gasteiger partial charge in [0.05, 0.1) is 6.33 Å². The van der Waals surface area contributed by atoms with Crippen LogP contribution in [-0.2, 0) is 13.2 Å². The van der Waals surface area contributed by atoms with Gasteiger partial charge in [0.15, 0.2) is 0 Å². The van der Waals surface area contributed by atoms with Gasteiger partial charge in [0.25, 0.3) is 0 Å². The number of imidazole rings is 1. The predicted molar refractivity (Wildman–Crippen MR) is 103 cm³/mol. The maximum absolute atomic E-state index is 6.16. The van der Waals surface area contributed by atoms with Crippen molar-refractivity contribution in [3.8, 4) is 5.75 Å². The Morgan fingerprint density at radius 1 is 1.16 bits per heavy atom. The van der Waals surface area contributed by atoms with Gasteiger partial charge in [-0.1, -0.05) is 53.1 Å². The van der Waals surface area contributed by atoms with E-state index in [1.165, 1.54) is 5.57 Å². The number of allylic oxidation sites excluding steroid dienone is 1. The highest BCUT2D eigenvalue weighted by atomic mass is 35.5. The van der Waals surface area contributed by atoms with Crippen molar-refractivity contribution < 1.29 is 4.74 Å². The van der Waals surface area contributed by atoms with Crippen molar-refractivity contribution in [1.29, 1.82) is 0 Å². The van der Waals surface area contributed by atoms with Gasteiger partial charge in [-0.25, -0.2) is 4.98 Å². The highest BCUT2D eigenvalue weighted by Gasteiger charge is 2.03. The van der Waals surface area contributed by atoms with Crippen LogP contribution in [0.1, 0.15) is 18.1 Å². The topological polar surface area (TPSA) is 27.1 Å². The second-order valence-corrected chi connectivity index (χ2v) is 6.66. The molecule has 0 amide bonds. The van der Waals surface area contributed by atoms with Gasteiger partial charge in [-0.2, -0.15) is 0 Å². The summed E-state index contributed by atoms with van der Waals surface area (Å²) < 4.78 is 7.84. The second-order valence-electron chi connectivity index (χ2n) is 5.82. The fraction of sp³-hybridized carbons (Fsp3) is 0.150. The van der Waals surface area contributed by atoms with Crippen LogP contribution >= 0.6 is 23.2 Å². The molecule has 25 heavy (non-hydrogen) atoms. The van der Waals surface area contributed by atoms with Crippen molar-refractivity contribution in [2.75, 3.05) is 0 Å². The van der Waals surface area contributed by atoms with Gasteiger partial charge < -0.3 is 9.30 Å². The van der Waals surface area contributed by atoms with Gasteiger partial charge in [-0.05, 0) is 36.8 Å². The van der Waals surface area contributed by atoms with E-state index in [0.717, 1.165) is 23.4 Å². The lowest BCUT2D eigenvalue weighted by atomic mass is 10.1. The van der Waals surface area contributed by atoms with Gasteiger partial charge in [-0.3, -0.25) is 0 Å². The van der Waals surface area contributed by atoms with Gasteiger partial charge in [0.1, 0.15) is 12.4 Å². The van der Waals surface area contributed by atoms with Crippen LogP contribution in [0.3, 0.4) is 0 Å². The average molecular weight is 373 g/mol. The quantitative estimate of drug-likeness (QED) is 0.540. The molecule has 0 saturated carbocycles. The molecule has 0 aliphatic rings. The summed E-state index contributed by atoms with van der Waals surface area (Å²) in [5.41, 5.74) is 3.29. The third kappa shape index (κ3) is 5.12. The third-order valence-corrected chi connectivity index (χ3v) is 4.28. The van der Waals surface area contributed by atoms with E-state index in [4.69, 9.17) is 27.9 Å². The first kappa shape index (κ1) is 17.6. The number of hydrogen-bond acceptors (Lipinski definition) is 2. The number of hydrogen-bond donors (Lipinski definition) is 0. The molecule has 0 N–H and O–H groups in total. The van der Waals surface area contributed by atoms with Crippen molar-refractivity contribution in [2.24, 2.45) is 0 Å².